The Morgan fingerprint density at radius 3 is 2.89 bits per heavy atom. The van der Waals surface area contributed by atoms with Gasteiger partial charge in [-0.1, -0.05) is 11.6 Å². The standard InChI is InChI=1S/C13H12ClFN2S/c14-10-5-8(15)3-4-9(10)11-6-18-13(17-11)12(16)7-1-2-7/h3-7,12H,1-2,16H2. The molecule has 5 heteroatoms. The third-order valence-corrected chi connectivity index (χ3v) is 4.40. The van der Waals surface area contributed by atoms with Crippen molar-refractivity contribution < 1.29 is 4.39 Å². The molecule has 94 valence electrons. The molecule has 2 N–H and O–H groups in total. The second-order valence-electron chi connectivity index (χ2n) is 4.56. The van der Waals surface area contributed by atoms with E-state index in [1.165, 1.54) is 25.0 Å². The summed E-state index contributed by atoms with van der Waals surface area (Å²) in [5.41, 5.74) is 7.64. The molecule has 1 aromatic heterocycles. The van der Waals surface area contributed by atoms with Crippen molar-refractivity contribution in [2.24, 2.45) is 11.7 Å². The third-order valence-electron chi connectivity index (χ3n) is 3.14. The van der Waals surface area contributed by atoms with Crippen LogP contribution in [0.25, 0.3) is 11.3 Å². The van der Waals surface area contributed by atoms with Crippen molar-refractivity contribution >= 4 is 22.9 Å². The van der Waals surface area contributed by atoms with Gasteiger partial charge >= 0.3 is 0 Å². The molecule has 0 saturated heterocycles. The summed E-state index contributed by atoms with van der Waals surface area (Å²) in [6, 6.07) is 4.37. The molecule has 1 aliphatic carbocycles. The molecule has 0 aliphatic heterocycles. The van der Waals surface area contributed by atoms with E-state index >= 15 is 0 Å². The van der Waals surface area contributed by atoms with Crippen molar-refractivity contribution in [3.8, 4) is 11.3 Å². The topological polar surface area (TPSA) is 38.9 Å². The summed E-state index contributed by atoms with van der Waals surface area (Å²) >= 11 is 7.57. The molecule has 0 bridgehead atoms. The first-order valence-corrected chi connectivity index (χ1v) is 7.07. The first-order valence-electron chi connectivity index (χ1n) is 5.81. The molecule has 0 amide bonds. The van der Waals surface area contributed by atoms with E-state index in [0.717, 1.165) is 16.3 Å². The number of benzene rings is 1. The molecular weight excluding hydrogens is 271 g/mol. The number of halogens is 2. The van der Waals surface area contributed by atoms with E-state index in [2.05, 4.69) is 4.98 Å². The van der Waals surface area contributed by atoms with Crippen LogP contribution in [0.5, 0.6) is 0 Å². The Morgan fingerprint density at radius 2 is 2.22 bits per heavy atom. The van der Waals surface area contributed by atoms with Crippen LogP contribution < -0.4 is 5.73 Å². The van der Waals surface area contributed by atoms with Gasteiger partial charge in [0.25, 0.3) is 0 Å². The summed E-state index contributed by atoms with van der Waals surface area (Å²) in [5, 5.41) is 3.25. The van der Waals surface area contributed by atoms with Gasteiger partial charge in [0.2, 0.25) is 0 Å². The van der Waals surface area contributed by atoms with Crippen molar-refractivity contribution in [1.82, 2.24) is 4.98 Å². The maximum absolute atomic E-state index is 13.0. The van der Waals surface area contributed by atoms with E-state index < -0.39 is 0 Å². The molecular formula is C13H12ClFN2S. The van der Waals surface area contributed by atoms with Crippen LogP contribution in [0.2, 0.25) is 5.02 Å². The number of thiazole rings is 1. The van der Waals surface area contributed by atoms with Gasteiger partial charge in [0, 0.05) is 10.9 Å². The molecule has 3 rings (SSSR count). The minimum atomic E-state index is -0.339. The molecule has 2 nitrogen and oxygen atoms in total. The largest absolute Gasteiger partial charge is 0.322 e. The van der Waals surface area contributed by atoms with Crippen molar-refractivity contribution in [1.29, 1.82) is 0 Å². The van der Waals surface area contributed by atoms with Crippen molar-refractivity contribution in [2.75, 3.05) is 0 Å². The van der Waals surface area contributed by atoms with E-state index in [0.29, 0.717) is 10.9 Å². The Hall–Kier alpha value is -0.970. The molecule has 2 aromatic rings. The molecule has 1 fully saturated rings. The van der Waals surface area contributed by atoms with Crippen LogP contribution in [0.1, 0.15) is 23.9 Å². The highest BCUT2D eigenvalue weighted by molar-refractivity contribution is 7.10. The Labute approximate surface area is 114 Å². The average molecular weight is 283 g/mol. The van der Waals surface area contributed by atoms with E-state index in [1.807, 2.05) is 5.38 Å². The Kier molecular flexibility index (Phi) is 3.09. The van der Waals surface area contributed by atoms with Crippen LogP contribution in [0, 0.1) is 11.7 Å². The Balaban J connectivity index is 1.92. The third kappa shape index (κ3) is 2.28. The van der Waals surface area contributed by atoms with Gasteiger partial charge in [-0.3, -0.25) is 0 Å². The number of hydrogen-bond acceptors (Lipinski definition) is 3. The molecule has 1 unspecified atom stereocenters. The lowest BCUT2D eigenvalue weighted by atomic mass is 10.1. The quantitative estimate of drug-likeness (QED) is 0.924. The van der Waals surface area contributed by atoms with Crippen LogP contribution in [0.4, 0.5) is 4.39 Å². The van der Waals surface area contributed by atoms with Gasteiger partial charge in [-0.25, -0.2) is 9.37 Å². The van der Waals surface area contributed by atoms with Gasteiger partial charge in [0.1, 0.15) is 10.8 Å². The minimum absolute atomic E-state index is 0.0305. The molecule has 1 aromatic carbocycles. The lowest BCUT2D eigenvalue weighted by molar-refractivity contribution is 0.627. The first-order chi connectivity index (χ1) is 8.65. The van der Waals surface area contributed by atoms with Crippen LogP contribution >= 0.6 is 22.9 Å². The molecule has 18 heavy (non-hydrogen) atoms. The molecule has 1 saturated carbocycles. The summed E-state index contributed by atoms with van der Waals surface area (Å²) in [6.07, 6.45) is 2.38. The van der Waals surface area contributed by atoms with Gasteiger partial charge in [0.15, 0.2) is 0 Å². The smallest absolute Gasteiger partial charge is 0.124 e. The van der Waals surface area contributed by atoms with Gasteiger partial charge in [-0.05, 0) is 37.0 Å². The van der Waals surface area contributed by atoms with Gasteiger partial charge in [-0.2, -0.15) is 0 Å². The predicted molar refractivity (Wildman–Crippen MR) is 72.2 cm³/mol. The summed E-state index contributed by atoms with van der Waals surface area (Å²) in [6.45, 7) is 0. The lowest BCUT2D eigenvalue weighted by Crippen LogP contribution is -2.11. The molecule has 0 spiro atoms. The first kappa shape index (κ1) is 12.1. The van der Waals surface area contributed by atoms with Crippen LogP contribution in [-0.4, -0.2) is 4.98 Å². The Bertz CT molecular complexity index is 580. The predicted octanol–water partition coefficient (Wildman–Crippen LogP) is 4.01. The van der Waals surface area contributed by atoms with Crippen LogP contribution in [0.3, 0.4) is 0 Å². The fourth-order valence-electron chi connectivity index (χ4n) is 1.92. The molecule has 1 heterocycles. The Morgan fingerprint density at radius 1 is 1.44 bits per heavy atom. The van der Waals surface area contributed by atoms with Crippen molar-refractivity contribution in [3.63, 3.8) is 0 Å². The van der Waals surface area contributed by atoms with Crippen LogP contribution in [0.15, 0.2) is 23.6 Å². The van der Waals surface area contributed by atoms with Gasteiger partial charge in [0.05, 0.1) is 16.8 Å². The highest BCUT2D eigenvalue weighted by Gasteiger charge is 2.31. The fourth-order valence-corrected chi connectivity index (χ4v) is 3.10. The fraction of sp³-hybridized carbons (Fsp3) is 0.308. The number of nitrogens with two attached hydrogens (primary N) is 1. The van der Waals surface area contributed by atoms with Crippen molar-refractivity contribution in [2.45, 2.75) is 18.9 Å². The second kappa shape index (κ2) is 4.61. The van der Waals surface area contributed by atoms with E-state index in [-0.39, 0.29) is 11.9 Å². The normalized spacial score (nSPS) is 16.8. The maximum Gasteiger partial charge on any atom is 0.124 e. The zero-order chi connectivity index (χ0) is 12.7. The summed E-state index contributed by atoms with van der Waals surface area (Å²) < 4.78 is 13.0. The minimum Gasteiger partial charge on any atom is -0.322 e. The lowest BCUT2D eigenvalue weighted by Gasteiger charge is -2.05. The van der Waals surface area contributed by atoms with Gasteiger partial charge < -0.3 is 5.73 Å². The van der Waals surface area contributed by atoms with Crippen LogP contribution in [-0.2, 0) is 0 Å². The highest BCUT2D eigenvalue weighted by Crippen LogP contribution is 2.41. The number of aromatic nitrogens is 1. The van der Waals surface area contributed by atoms with E-state index in [9.17, 15) is 4.39 Å². The number of nitrogens with zero attached hydrogens (tertiary/aromatic N) is 1. The van der Waals surface area contributed by atoms with Gasteiger partial charge in [-0.15, -0.1) is 11.3 Å². The summed E-state index contributed by atoms with van der Waals surface area (Å²) in [5.74, 6) is 0.238. The maximum atomic E-state index is 13.0. The summed E-state index contributed by atoms with van der Waals surface area (Å²) in [4.78, 5) is 4.52. The van der Waals surface area contributed by atoms with Crippen molar-refractivity contribution in [3.05, 3.63) is 39.4 Å². The zero-order valence-corrected chi connectivity index (χ0v) is 11.1. The SMILES string of the molecule is NC(c1nc(-c2ccc(F)cc2Cl)cs1)C1CC1. The summed E-state index contributed by atoms with van der Waals surface area (Å²) in [7, 11) is 0. The number of hydrogen-bond donors (Lipinski definition) is 1. The van der Waals surface area contributed by atoms with E-state index in [4.69, 9.17) is 17.3 Å². The average Bonchev–Trinajstić information content (AvgIpc) is 3.07. The molecule has 0 radical (unpaired) electrons. The molecule has 1 aliphatic rings. The monoisotopic (exact) mass is 282 g/mol. The zero-order valence-electron chi connectivity index (χ0n) is 9.57. The van der Waals surface area contributed by atoms with E-state index in [1.54, 1.807) is 17.4 Å². The second-order valence-corrected chi connectivity index (χ2v) is 5.86. The molecule has 1 atom stereocenters. The highest BCUT2D eigenvalue weighted by atomic mass is 35.5. The number of rotatable bonds is 3.